The second-order valence-electron chi connectivity index (χ2n) is 4.09. The largest absolute Gasteiger partial charge is 0.397 e. The van der Waals surface area contributed by atoms with Crippen LogP contribution in [0.2, 0.25) is 0 Å². The van der Waals surface area contributed by atoms with Crippen molar-refractivity contribution in [1.29, 1.82) is 0 Å². The van der Waals surface area contributed by atoms with Gasteiger partial charge < -0.3 is 11.1 Å². The van der Waals surface area contributed by atoms with Crippen molar-refractivity contribution < 1.29 is 4.79 Å². The van der Waals surface area contributed by atoms with Gasteiger partial charge in [0.25, 0.3) is 5.91 Å². The average Bonchev–Trinajstić information content (AvgIpc) is 3.01. The molecule has 0 fully saturated rings. The third-order valence-electron chi connectivity index (χ3n) is 2.76. The van der Waals surface area contributed by atoms with E-state index < -0.39 is 0 Å². The number of hydrogen-bond donors (Lipinski definition) is 2. The first-order chi connectivity index (χ1) is 9.65. The molecule has 0 bridgehead atoms. The fourth-order valence-electron chi connectivity index (χ4n) is 1.81. The van der Waals surface area contributed by atoms with Crippen LogP contribution in [0.15, 0.2) is 34.2 Å². The summed E-state index contributed by atoms with van der Waals surface area (Å²) in [5.74, 6) is -0.157. The zero-order valence-electron chi connectivity index (χ0n) is 10.2. The van der Waals surface area contributed by atoms with Crippen LogP contribution in [0.1, 0.15) is 14.5 Å². The topological polar surface area (TPSA) is 68.0 Å². The zero-order valence-corrected chi connectivity index (χ0v) is 13.4. The molecule has 3 aromatic heterocycles. The van der Waals surface area contributed by atoms with Crippen LogP contribution in [0.5, 0.6) is 0 Å². The number of pyridine rings is 1. The molecule has 0 saturated carbocycles. The summed E-state index contributed by atoms with van der Waals surface area (Å²) in [6.45, 7) is 0.496. The quantitative estimate of drug-likeness (QED) is 0.742. The van der Waals surface area contributed by atoms with Crippen LogP contribution in [0.4, 0.5) is 5.69 Å². The van der Waals surface area contributed by atoms with E-state index in [1.165, 1.54) is 11.3 Å². The van der Waals surface area contributed by atoms with E-state index in [0.717, 1.165) is 18.9 Å². The molecule has 0 radical (unpaired) electrons. The molecule has 0 spiro atoms. The number of amides is 1. The van der Waals surface area contributed by atoms with Gasteiger partial charge >= 0.3 is 0 Å². The van der Waals surface area contributed by atoms with E-state index in [1.807, 2.05) is 24.3 Å². The van der Waals surface area contributed by atoms with Gasteiger partial charge in [-0.25, -0.2) is 4.98 Å². The lowest BCUT2D eigenvalue weighted by atomic mass is 10.2. The van der Waals surface area contributed by atoms with E-state index in [1.54, 1.807) is 17.5 Å². The van der Waals surface area contributed by atoms with Crippen molar-refractivity contribution in [2.24, 2.45) is 0 Å². The lowest BCUT2D eigenvalue weighted by Gasteiger charge is -2.02. The maximum absolute atomic E-state index is 12.2. The molecule has 0 unspecified atom stereocenters. The van der Waals surface area contributed by atoms with Crippen LogP contribution in [0.25, 0.3) is 10.2 Å². The number of nitrogen functional groups attached to an aromatic ring is 1. The maximum Gasteiger partial charge on any atom is 0.263 e. The molecule has 7 heteroatoms. The molecule has 1 amide bonds. The minimum atomic E-state index is -0.157. The Labute approximate surface area is 131 Å². The normalized spacial score (nSPS) is 10.8. The summed E-state index contributed by atoms with van der Waals surface area (Å²) in [7, 11) is 0. The van der Waals surface area contributed by atoms with Crippen molar-refractivity contribution in [2.45, 2.75) is 6.54 Å². The fraction of sp³-hybridized carbons (Fsp3) is 0.0769. The van der Waals surface area contributed by atoms with Gasteiger partial charge in [-0.3, -0.25) is 4.79 Å². The summed E-state index contributed by atoms with van der Waals surface area (Å²) in [4.78, 5) is 18.8. The monoisotopic (exact) mass is 367 g/mol. The summed E-state index contributed by atoms with van der Waals surface area (Å²) in [5, 5.41) is 3.72. The van der Waals surface area contributed by atoms with Crippen molar-refractivity contribution in [1.82, 2.24) is 10.3 Å². The van der Waals surface area contributed by atoms with Crippen molar-refractivity contribution in [3.05, 3.63) is 44.0 Å². The molecule has 4 nitrogen and oxygen atoms in total. The first-order valence-electron chi connectivity index (χ1n) is 5.80. The maximum atomic E-state index is 12.2. The number of carbonyl (C=O) groups is 1. The van der Waals surface area contributed by atoms with Gasteiger partial charge in [-0.2, -0.15) is 0 Å². The molecular weight excluding hydrogens is 358 g/mol. The molecule has 3 aromatic rings. The number of nitrogens with one attached hydrogen (secondary N) is 1. The number of hydrogen-bond acceptors (Lipinski definition) is 5. The van der Waals surface area contributed by atoms with Crippen LogP contribution in [0.3, 0.4) is 0 Å². The predicted molar refractivity (Wildman–Crippen MR) is 87.2 cm³/mol. The van der Waals surface area contributed by atoms with E-state index in [-0.39, 0.29) is 5.91 Å². The summed E-state index contributed by atoms with van der Waals surface area (Å²) < 4.78 is 1.05. The second kappa shape index (κ2) is 5.51. The Balaban J connectivity index is 1.80. The summed E-state index contributed by atoms with van der Waals surface area (Å²) in [5.41, 5.74) is 6.52. The summed E-state index contributed by atoms with van der Waals surface area (Å²) in [6, 6.07) is 7.63. The lowest BCUT2D eigenvalue weighted by molar-refractivity contribution is 0.0956. The molecule has 0 aliphatic carbocycles. The van der Waals surface area contributed by atoms with E-state index in [0.29, 0.717) is 17.1 Å². The number of carbonyl (C=O) groups excluding carboxylic acids is 1. The standard InChI is InChI=1S/C13H10BrN3OS2/c14-9-4-3-7(19-9)6-17-12(18)11-10(15)8-2-1-5-16-13(8)20-11/h1-5H,6,15H2,(H,17,18). The van der Waals surface area contributed by atoms with E-state index >= 15 is 0 Å². The van der Waals surface area contributed by atoms with Gasteiger partial charge in [0.05, 0.1) is 16.0 Å². The number of thiophene rings is 2. The van der Waals surface area contributed by atoms with Gasteiger partial charge in [-0.15, -0.1) is 22.7 Å². The molecule has 102 valence electrons. The Morgan fingerprint density at radius 1 is 1.35 bits per heavy atom. The van der Waals surface area contributed by atoms with E-state index in [9.17, 15) is 4.79 Å². The molecule has 0 aromatic carbocycles. The fourth-order valence-corrected chi connectivity index (χ4v) is 4.22. The summed E-state index contributed by atoms with van der Waals surface area (Å²) >= 11 is 6.31. The minimum absolute atomic E-state index is 0.157. The SMILES string of the molecule is Nc1c(C(=O)NCc2ccc(Br)s2)sc2ncccc12. The highest BCUT2D eigenvalue weighted by Crippen LogP contribution is 2.31. The number of nitrogens with zero attached hydrogens (tertiary/aromatic N) is 1. The number of nitrogens with two attached hydrogens (primary N) is 1. The number of rotatable bonds is 3. The lowest BCUT2D eigenvalue weighted by Crippen LogP contribution is -2.22. The van der Waals surface area contributed by atoms with Crippen molar-refractivity contribution >= 4 is 60.4 Å². The third kappa shape index (κ3) is 2.56. The molecular formula is C13H10BrN3OS2. The third-order valence-corrected chi connectivity index (χ3v) is 5.51. The van der Waals surface area contributed by atoms with Crippen LogP contribution in [0, 0.1) is 0 Å². The smallest absolute Gasteiger partial charge is 0.263 e. The Hall–Kier alpha value is -1.44. The summed E-state index contributed by atoms with van der Waals surface area (Å²) in [6.07, 6.45) is 1.70. The van der Waals surface area contributed by atoms with Gasteiger partial charge in [-0.05, 0) is 40.2 Å². The molecule has 0 saturated heterocycles. The highest BCUT2D eigenvalue weighted by molar-refractivity contribution is 9.11. The van der Waals surface area contributed by atoms with E-state index in [4.69, 9.17) is 5.73 Å². The predicted octanol–water partition coefficient (Wildman–Crippen LogP) is 3.63. The van der Waals surface area contributed by atoms with Gasteiger partial charge in [0.15, 0.2) is 0 Å². The Bertz CT molecular complexity index is 781. The Morgan fingerprint density at radius 2 is 2.20 bits per heavy atom. The number of fused-ring (bicyclic) bond motifs is 1. The molecule has 3 N–H and O–H groups in total. The van der Waals surface area contributed by atoms with Crippen molar-refractivity contribution in [2.75, 3.05) is 5.73 Å². The highest BCUT2D eigenvalue weighted by atomic mass is 79.9. The number of aromatic nitrogens is 1. The van der Waals surface area contributed by atoms with Crippen LogP contribution >= 0.6 is 38.6 Å². The molecule has 0 aliphatic rings. The second-order valence-corrected chi connectivity index (χ2v) is 7.64. The van der Waals surface area contributed by atoms with Crippen LogP contribution < -0.4 is 11.1 Å². The highest BCUT2D eigenvalue weighted by Gasteiger charge is 2.16. The number of halogens is 1. The Kier molecular flexibility index (Phi) is 3.73. The van der Waals surface area contributed by atoms with Gasteiger partial charge in [0.1, 0.15) is 9.71 Å². The first-order valence-corrected chi connectivity index (χ1v) is 8.23. The van der Waals surface area contributed by atoms with Crippen molar-refractivity contribution in [3.63, 3.8) is 0 Å². The van der Waals surface area contributed by atoms with Gasteiger partial charge in [-0.1, -0.05) is 0 Å². The van der Waals surface area contributed by atoms with Gasteiger partial charge in [0, 0.05) is 16.5 Å². The minimum Gasteiger partial charge on any atom is -0.397 e. The molecule has 3 heterocycles. The average molecular weight is 368 g/mol. The molecule has 0 atom stereocenters. The molecule has 0 aliphatic heterocycles. The Morgan fingerprint density at radius 3 is 2.90 bits per heavy atom. The van der Waals surface area contributed by atoms with Crippen molar-refractivity contribution in [3.8, 4) is 0 Å². The molecule has 20 heavy (non-hydrogen) atoms. The first kappa shape index (κ1) is 13.5. The van der Waals surface area contributed by atoms with Gasteiger partial charge in [0.2, 0.25) is 0 Å². The van der Waals surface area contributed by atoms with Crippen LogP contribution in [-0.4, -0.2) is 10.9 Å². The van der Waals surface area contributed by atoms with Crippen LogP contribution in [-0.2, 0) is 6.54 Å². The zero-order chi connectivity index (χ0) is 14.1. The molecule has 3 rings (SSSR count). The number of anilines is 1. The van der Waals surface area contributed by atoms with E-state index in [2.05, 4.69) is 26.2 Å².